The lowest BCUT2D eigenvalue weighted by Gasteiger charge is -2.20. The van der Waals surface area contributed by atoms with Gasteiger partial charge in [0.05, 0.1) is 16.2 Å². The first-order valence-corrected chi connectivity index (χ1v) is 5.59. The van der Waals surface area contributed by atoms with Crippen molar-refractivity contribution in [3.05, 3.63) is 40.0 Å². The molecule has 0 saturated heterocycles. The van der Waals surface area contributed by atoms with Gasteiger partial charge in [0, 0.05) is 17.7 Å². The standard InChI is InChI=1S/C13H16N2O4.CH4/c1-5-8-6-9(15(17)18)7-10(11(8)14)12(16)19-13(2,3)4;/h5-7H,1,14H2,2-4H3;1H4. The maximum Gasteiger partial charge on any atom is 0.341 e. The van der Waals surface area contributed by atoms with Gasteiger partial charge in [0.1, 0.15) is 5.60 Å². The third-order valence-electron chi connectivity index (χ3n) is 2.25. The van der Waals surface area contributed by atoms with Crippen LogP contribution in [0.2, 0.25) is 0 Å². The summed E-state index contributed by atoms with van der Waals surface area (Å²) in [4.78, 5) is 22.2. The number of ether oxygens (including phenoxy) is 1. The lowest BCUT2D eigenvalue weighted by atomic mass is 10.1. The molecule has 0 saturated carbocycles. The van der Waals surface area contributed by atoms with Crippen molar-refractivity contribution in [3.63, 3.8) is 0 Å². The van der Waals surface area contributed by atoms with Crippen LogP contribution in [-0.4, -0.2) is 16.5 Å². The third kappa shape index (κ3) is 4.08. The molecule has 0 aliphatic rings. The summed E-state index contributed by atoms with van der Waals surface area (Å²) < 4.78 is 5.16. The molecule has 0 fully saturated rings. The van der Waals surface area contributed by atoms with Crippen LogP contribution in [0.15, 0.2) is 18.7 Å². The van der Waals surface area contributed by atoms with E-state index in [4.69, 9.17) is 10.5 Å². The van der Waals surface area contributed by atoms with Crippen molar-refractivity contribution in [1.82, 2.24) is 0 Å². The molecule has 1 aromatic carbocycles. The Labute approximate surface area is 118 Å². The number of nitrogen functional groups attached to an aromatic ring is 1. The Morgan fingerprint density at radius 3 is 2.40 bits per heavy atom. The first-order chi connectivity index (χ1) is 8.65. The number of nitro benzene ring substituents is 1. The number of benzene rings is 1. The summed E-state index contributed by atoms with van der Waals surface area (Å²) in [5.74, 6) is -0.697. The van der Waals surface area contributed by atoms with Crippen LogP contribution in [0.25, 0.3) is 6.08 Å². The van der Waals surface area contributed by atoms with Gasteiger partial charge in [0.25, 0.3) is 5.69 Å². The molecular weight excluding hydrogens is 260 g/mol. The molecule has 110 valence electrons. The lowest BCUT2D eigenvalue weighted by molar-refractivity contribution is -0.384. The minimum Gasteiger partial charge on any atom is -0.456 e. The van der Waals surface area contributed by atoms with E-state index in [0.29, 0.717) is 5.56 Å². The summed E-state index contributed by atoms with van der Waals surface area (Å²) in [5.41, 5.74) is 5.27. The normalized spacial score (nSPS) is 10.3. The maximum absolute atomic E-state index is 12.0. The summed E-state index contributed by atoms with van der Waals surface area (Å²) in [6.45, 7) is 8.62. The number of nitrogens with two attached hydrogens (primary N) is 1. The van der Waals surface area contributed by atoms with Gasteiger partial charge in [-0.05, 0) is 20.8 Å². The van der Waals surface area contributed by atoms with Crippen molar-refractivity contribution in [2.45, 2.75) is 33.8 Å². The first kappa shape index (κ1) is 17.6. The van der Waals surface area contributed by atoms with E-state index in [2.05, 4.69) is 6.58 Å². The second kappa shape index (κ2) is 6.18. The molecule has 6 heteroatoms. The predicted octanol–water partition coefficient (Wildman–Crippen LogP) is 3.41. The molecule has 0 unspecified atom stereocenters. The molecule has 0 atom stereocenters. The van der Waals surface area contributed by atoms with Crippen LogP contribution in [0.1, 0.15) is 44.1 Å². The summed E-state index contributed by atoms with van der Waals surface area (Å²) in [6, 6.07) is 2.37. The van der Waals surface area contributed by atoms with Gasteiger partial charge in [-0.1, -0.05) is 20.1 Å². The Hall–Kier alpha value is -2.37. The topological polar surface area (TPSA) is 95.5 Å². The van der Waals surface area contributed by atoms with Crippen LogP contribution in [-0.2, 0) is 4.74 Å². The summed E-state index contributed by atoms with van der Waals surface area (Å²) in [7, 11) is 0. The number of nitrogens with zero attached hydrogens (tertiary/aromatic N) is 1. The lowest BCUT2D eigenvalue weighted by Crippen LogP contribution is -2.24. The highest BCUT2D eigenvalue weighted by molar-refractivity contribution is 5.98. The van der Waals surface area contributed by atoms with Crippen LogP contribution >= 0.6 is 0 Å². The number of rotatable bonds is 3. The van der Waals surface area contributed by atoms with Crippen LogP contribution in [0.5, 0.6) is 0 Å². The van der Waals surface area contributed by atoms with E-state index >= 15 is 0 Å². The number of esters is 1. The zero-order valence-electron chi connectivity index (χ0n) is 11.1. The van der Waals surface area contributed by atoms with Crippen LogP contribution in [0.4, 0.5) is 11.4 Å². The van der Waals surface area contributed by atoms with E-state index in [-0.39, 0.29) is 24.4 Å². The van der Waals surface area contributed by atoms with E-state index in [0.717, 1.165) is 6.07 Å². The Kier molecular flexibility index (Phi) is 5.45. The molecule has 0 aliphatic heterocycles. The molecule has 1 rings (SSSR count). The van der Waals surface area contributed by atoms with E-state index in [1.807, 2.05) is 0 Å². The average molecular weight is 280 g/mol. The molecule has 0 spiro atoms. The van der Waals surface area contributed by atoms with Crippen LogP contribution in [0, 0.1) is 10.1 Å². The molecule has 0 aromatic heterocycles. The zero-order valence-corrected chi connectivity index (χ0v) is 11.1. The fourth-order valence-electron chi connectivity index (χ4n) is 1.44. The van der Waals surface area contributed by atoms with Gasteiger partial charge >= 0.3 is 5.97 Å². The Balaban J connectivity index is 0.00000361. The number of non-ortho nitro benzene ring substituents is 1. The minimum absolute atomic E-state index is 0. The Morgan fingerprint density at radius 1 is 1.45 bits per heavy atom. The van der Waals surface area contributed by atoms with Gasteiger partial charge in [-0.2, -0.15) is 0 Å². The molecule has 20 heavy (non-hydrogen) atoms. The van der Waals surface area contributed by atoms with Crippen LogP contribution < -0.4 is 5.73 Å². The van der Waals surface area contributed by atoms with Crippen molar-refractivity contribution in [2.24, 2.45) is 0 Å². The summed E-state index contributed by atoms with van der Waals surface area (Å²) in [5, 5.41) is 10.8. The van der Waals surface area contributed by atoms with Gasteiger partial charge in [0.15, 0.2) is 0 Å². The van der Waals surface area contributed by atoms with Crippen molar-refractivity contribution < 1.29 is 14.5 Å². The second-order valence-electron chi connectivity index (χ2n) is 4.96. The van der Waals surface area contributed by atoms with Gasteiger partial charge in [0.2, 0.25) is 0 Å². The second-order valence-corrected chi connectivity index (χ2v) is 4.96. The molecule has 1 aromatic rings. The number of nitro groups is 1. The predicted molar refractivity (Wildman–Crippen MR) is 79.5 cm³/mol. The fourth-order valence-corrected chi connectivity index (χ4v) is 1.44. The van der Waals surface area contributed by atoms with Gasteiger partial charge in [-0.25, -0.2) is 4.79 Å². The molecular formula is C14H20N2O4. The third-order valence-corrected chi connectivity index (χ3v) is 2.25. The minimum atomic E-state index is -0.706. The molecule has 0 heterocycles. The maximum atomic E-state index is 12.0. The van der Waals surface area contributed by atoms with Gasteiger partial charge < -0.3 is 10.5 Å². The number of carbonyl (C=O) groups excluding carboxylic acids is 1. The van der Waals surface area contributed by atoms with E-state index in [1.54, 1.807) is 20.8 Å². The molecule has 2 N–H and O–H groups in total. The first-order valence-electron chi connectivity index (χ1n) is 5.59. The van der Waals surface area contributed by atoms with Crippen molar-refractivity contribution in [2.75, 3.05) is 5.73 Å². The molecule has 0 aliphatic carbocycles. The van der Waals surface area contributed by atoms with E-state index in [9.17, 15) is 14.9 Å². The molecule has 0 bridgehead atoms. The number of carbonyl (C=O) groups is 1. The number of anilines is 1. The smallest absolute Gasteiger partial charge is 0.341 e. The highest BCUT2D eigenvalue weighted by atomic mass is 16.6. The zero-order chi connectivity index (χ0) is 14.8. The average Bonchev–Trinajstić information content (AvgIpc) is 2.26. The van der Waals surface area contributed by atoms with E-state index in [1.165, 1.54) is 12.1 Å². The Morgan fingerprint density at radius 2 is 2.00 bits per heavy atom. The molecule has 0 amide bonds. The number of hydrogen-bond donors (Lipinski definition) is 1. The van der Waals surface area contributed by atoms with E-state index < -0.39 is 16.5 Å². The van der Waals surface area contributed by atoms with Crippen molar-refractivity contribution >= 4 is 23.4 Å². The number of hydrogen-bond acceptors (Lipinski definition) is 5. The van der Waals surface area contributed by atoms with Crippen LogP contribution in [0.3, 0.4) is 0 Å². The van der Waals surface area contributed by atoms with Crippen molar-refractivity contribution in [1.29, 1.82) is 0 Å². The summed E-state index contributed by atoms with van der Waals surface area (Å²) in [6.07, 6.45) is 1.36. The summed E-state index contributed by atoms with van der Waals surface area (Å²) >= 11 is 0. The Bertz CT molecular complexity index is 545. The van der Waals surface area contributed by atoms with Gasteiger partial charge in [-0.15, -0.1) is 0 Å². The monoisotopic (exact) mass is 280 g/mol. The fraction of sp³-hybridized carbons (Fsp3) is 0.357. The quantitative estimate of drug-likeness (QED) is 0.396. The van der Waals surface area contributed by atoms with Crippen molar-refractivity contribution in [3.8, 4) is 0 Å². The highest BCUT2D eigenvalue weighted by Gasteiger charge is 2.23. The molecule has 0 radical (unpaired) electrons. The highest BCUT2D eigenvalue weighted by Crippen LogP contribution is 2.27. The van der Waals surface area contributed by atoms with Gasteiger partial charge in [-0.3, -0.25) is 10.1 Å². The SMILES string of the molecule is C.C=Cc1cc([N+](=O)[O-])cc(C(=O)OC(C)(C)C)c1N. The largest absolute Gasteiger partial charge is 0.456 e. The molecule has 6 nitrogen and oxygen atoms in total.